The summed E-state index contributed by atoms with van der Waals surface area (Å²) in [7, 11) is -7.99. The second-order valence-electron chi connectivity index (χ2n) is 4.61. The average Bonchev–Trinajstić information content (AvgIpc) is 2.40. The van der Waals surface area contributed by atoms with Crippen LogP contribution >= 0.6 is 0 Å². The van der Waals surface area contributed by atoms with Crippen molar-refractivity contribution in [3.8, 4) is 0 Å². The third-order valence-electron chi connectivity index (χ3n) is 2.81. The topological polar surface area (TPSA) is 106 Å². The third-order valence-corrected chi connectivity index (χ3v) is 5.14. The Hall–Kier alpha value is -1.97. The smallest absolute Gasteiger partial charge is 0.264 e. The first kappa shape index (κ1) is 16.4. The fourth-order valence-corrected chi connectivity index (χ4v) is 3.48. The highest BCUT2D eigenvalue weighted by molar-refractivity contribution is 7.92. The molecule has 0 saturated heterocycles. The first-order chi connectivity index (χ1) is 10.1. The van der Waals surface area contributed by atoms with E-state index in [2.05, 4.69) is 4.72 Å². The van der Waals surface area contributed by atoms with Crippen LogP contribution in [0, 0.1) is 12.7 Å². The number of anilines is 1. The third kappa shape index (κ3) is 3.62. The van der Waals surface area contributed by atoms with E-state index in [0.717, 1.165) is 18.2 Å². The lowest BCUT2D eigenvalue weighted by molar-refractivity contribution is 0.569. The van der Waals surface area contributed by atoms with E-state index in [1.54, 1.807) is 6.92 Å². The molecule has 0 radical (unpaired) electrons. The Morgan fingerprint density at radius 3 is 2.14 bits per heavy atom. The molecule has 0 saturated carbocycles. The lowest BCUT2D eigenvalue weighted by Crippen LogP contribution is -2.15. The summed E-state index contributed by atoms with van der Waals surface area (Å²) in [5.74, 6) is -0.876. The monoisotopic (exact) mass is 344 g/mol. The molecule has 0 bridgehead atoms. The number of hydrogen-bond acceptors (Lipinski definition) is 4. The first-order valence-electron chi connectivity index (χ1n) is 6.01. The largest absolute Gasteiger partial charge is 0.280 e. The van der Waals surface area contributed by atoms with Gasteiger partial charge < -0.3 is 0 Å². The quantitative estimate of drug-likeness (QED) is 0.878. The minimum absolute atomic E-state index is 0.0910. The van der Waals surface area contributed by atoms with Gasteiger partial charge in [0.2, 0.25) is 10.0 Å². The summed E-state index contributed by atoms with van der Waals surface area (Å²) in [6, 6.07) is 8.48. The average molecular weight is 344 g/mol. The summed E-state index contributed by atoms with van der Waals surface area (Å²) in [4.78, 5) is -0.639. The summed E-state index contributed by atoms with van der Waals surface area (Å²) >= 11 is 0. The molecule has 6 nitrogen and oxygen atoms in total. The molecular weight excluding hydrogens is 331 g/mol. The molecule has 0 fully saturated rings. The Balaban J connectivity index is 2.35. The van der Waals surface area contributed by atoms with Gasteiger partial charge in [0.1, 0.15) is 10.7 Å². The fraction of sp³-hybridized carbons (Fsp3) is 0.0769. The highest BCUT2D eigenvalue weighted by Crippen LogP contribution is 2.21. The van der Waals surface area contributed by atoms with Crippen LogP contribution in [0.25, 0.3) is 0 Å². The molecule has 118 valence electrons. The van der Waals surface area contributed by atoms with Crippen LogP contribution in [0.1, 0.15) is 5.56 Å². The number of hydrogen-bond donors (Lipinski definition) is 2. The molecule has 0 aliphatic rings. The van der Waals surface area contributed by atoms with Gasteiger partial charge in [-0.1, -0.05) is 6.07 Å². The Morgan fingerprint density at radius 2 is 1.59 bits per heavy atom. The van der Waals surface area contributed by atoms with E-state index in [0.29, 0.717) is 5.56 Å². The number of halogens is 1. The second-order valence-corrected chi connectivity index (χ2v) is 7.82. The van der Waals surface area contributed by atoms with E-state index in [9.17, 15) is 21.2 Å². The second kappa shape index (κ2) is 5.67. The molecule has 2 aromatic carbocycles. The maximum atomic E-state index is 13.7. The van der Waals surface area contributed by atoms with Crippen LogP contribution < -0.4 is 9.86 Å². The van der Waals surface area contributed by atoms with E-state index >= 15 is 0 Å². The molecule has 9 heteroatoms. The lowest BCUT2D eigenvalue weighted by atomic mass is 10.2. The molecule has 0 atom stereocenters. The van der Waals surface area contributed by atoms with Crippen LogP contribution in [0.2, 0.25) is 0 Å². The summed E-state index contributed by atoms with van der Waals surface area (Å²) < 4.78 is 62.4. The van der Waals surface area contributed by atoms with Crippen LogP contribution in [0.3, 0.4) is 0 Å². The van der Waals surface area contributed by atoms with Crippen molar-refractivity contribution < 1.29 is 21.2 Å². The minimum atomic E-state index is -4.12. The molecule has 0 aromatic heterocycles. The number of primary sulfonamides is 1. The van der Waals surface area contributed by atoms with Crippen molar-refractivity contribution >= 4 is 25.7 Å². The van der Waals surface area contributed by atoms with E-state index in [1.165, 1.54) is 24.3 Å². The molecule has 0 amide bonds. The molecule has 0 heterocycles. The van der Waals surface area contributed by atoms with Crippen LogP contribution in [0.5, 0.6) is 0 Å². The highest BCUT2D eigenvalue weighted by Gasteiger charge is 2.19. The van der Waals surface area contributed by atoms with Gasteiger partial charge in [0.25, 0.3) is 10.0 Å². The van der Waals surface area contributed by atoms with Crippen molar-refractivity contribution in [3.05, 3.63) is 53.8 Å². The Bertz CT molecular complexity index is 908. The van der Waals surface area contributed by atoms with Gasteiger partial charge in [0.05, 0.1) is 4.90 Å². The van der Waals surface area contributed by atoms with E-state index in [-0.39, 0.29) is 10.6 Å². The van der Waals surface area contributed by atoms with Crippen molar-refractivity contribution in [1.29, 1.82) is 0 Å². The molecule has 0 aliphatic carbocycles. The molecule has 0 spiro atoms. The normalized spacial score (nSPS) is 12.1. The van der Waals surface area contributed by atoms with Crippen molar-refractivity contribution in [3.63, 3.8) is 0 Å². The van der Waals surface area contributed by atoms with Gasteiger partial charge in [0.15, 0.2) is 0 Å². The molecular formula is C13H13FN2O4S2. The number of nitrogens with one attached hydrogen (secondary N) is 1. The van der Waals surface area contributed by atoms with Gasteiger partial charge in [-0.25, -0.2) is 26.4 Å². The zero-order valence-electron chi connectivity index (χ0n) is 11.4. The fourth-order valence-electron chi connectivity index (χ4n) is 1.74. The molecule has 3 N–H and O–H groups in total. The SMILES string of the molecule is Cc1ccc(F)c(S(=O)(=O)Nc2ccc(S(N)(=O)=O)cc2)c1. The van der Waals surface area contributed by atoms with E-state index in [1.807, 2.05) is 0 Å². The number of nitrogens with two attached hydrogens (primary N) is 1. The van der Waals surface area contributed by atoms with Crippen molar-refractivity contribution in [1.82, 2.24) is 0 Å². The summed E-state index contributed by atoms with van der Waals surface area (Å²) in [6.45, 7) is 1.64. The molecule has 2 aromatic rings. The van der Waals surface area contributed by atoms with Crippen molar-refractivity contribution in [2.24, 2.45) is 5.14 Å². The van der Waals surface area contributed by atoms with E-state index in [4.69, 9.17) is 5.14 Å². The highest BCUT2D eigenvalue weighted by atomic mass is 32.2. The predicted molar refractivity (Wildman–Crippen MR) is 79.8 cm³/mol. The van der Waals surface area contributed by atoms with Crippen molar-refractivity contribution in [2.45, 2.75) is 16.7 Å². The predicted octanol–water partition coefficient (Wildman–Crippen LogP) is 1.58. The van der Waals surface area contributed by atoms with Gasteiger partial charge in [-0.2, -0.15) is 0 Å². The minimum Gasteiger partial charge on any atom is -0.280 e. The maximum Gasteiger partial charge on any atom is 0.264 e. The number of rotatable bonds is 4. The van der Waals surface area contributed by atoms with E-state index < -0.39 is 30.8 Å². The van der Waals surface area contributed by atoms with Crippen molar-refractivity contribution in [2.75, 3.05) is 4.72 Å². The first-order valence-corrected chi connectivity index (χ1v) is 9.04. The molecule has 22 heavy (non-hydrogen) atoms. The summed E-state index contributed by atoms with van der Waals surface area (Å²) in [5.41, 5.74) is 0.680. The van der Waals surface area contributed by atoms with Crippen LogP contribution in [-0.2, 0) is 20.0 Å². The zero-order chi connectivity index (χ0) is 16.5. The number of benzene rings is 2. The Morgan fingerprint density at radius 1 is 1.00 bits per heavy atom. The molecule has 0 unspecified atom stereocenters. The Kier molecular flexibility index (Phi) is 4.23. The van der Waals surface area contributed by atoms with Crippen LogP contribution in [0.15, 0.2) is 52.3 Å². The van der Waals surface area contributed by atoms with Gasteiger partial charge in [-0.3, -0.25) is 4.72 Å². The van der Waals surface area contributed by atoms with Gasteiger partial charge in [0, 0.05) is 5.69 Å². The number of aryl methyl sites for hydroxylation is 1. The zero-order valence-corrected chi connectivity index (χ0v) is 13.1. The van der Waals surface area contributed by atoms with Gasteiger partial charge in [-0.05, 0) is 48.9 Å². The maximum absolute atomic E-state index is 13.7. The number of sulfonamides is 2. The standard InChI is InChI=1S/C13H13FN2O4S2/c1-9-2-7-12(14)13(8-9)22(19,20)16-10-3-5-11(6-4-10)21(15,17)18/h2-8,16H,1H3,(H2,15,17,18). The van der Waals surface area contributed by atoms with Crippen LogP contribution in [0.4, 0.5) is 10.1 Å². The molecule has 0 aliphatic heterocycles. The van der Waals surface area contributed by atoms with Crippen LogP contribution in [-0.4, -0.2) is 16.8 Å². The van der Waals surface area contributed by atoms with Gasteiger partial charge in [-0.15, -0.1) is 0 Å². The van der Waals surface area contributed by atoms with Gasteiger partial charge >= 0.3 is 0 Å². The summed E-state index contributed by atoms with van der Waals surface area (Å²) in [5, 5.41) is 4.95. The summed E-state index contributed by atoms with van der Waals surface area (Å²) in [6.07, 6.45) is 0. The molecule has 2 rings (SSSR count). The lowest BCUT2D eigenvalue weighted by Gasteiger charge is -2.10. The Labute approximate surface area is 127 Å².